The Balaban J connectivity index is 2.14. The molecule has 0 aliphatic rings. The molecule has 0 fully saturated rings. The van der Waals surface area contributed by atoms with Crippen molar-refractivity contribution in [2.45, 2.75) is 19.6 Å². The van der Waals surface area contributed by atoms with Crippen LogP contribution in [0.4, 0.5) is 4.39 Å². The number of amidine groups is 1. The van der Waals surface area contributed by atoms with Crippen LogP contribution in [0.2, 0.25) is 5.02 Å². The number of oxime groups is 1. The first-order chi connectivity index (χ1) is 13.4. The van der Waals surface area contributed by atoms with Crippen LogP contribution in [0.3, 0.4) is 0 Å². The molecule has 0 saturated heterocycles. The Bertz CT molecular complexity index is 876. The zero-order valence-corrected chi connectivity index (χ0v) is 16.2. The molecule has 150 valence electrons. The summed E-state index contributed by atoms with van der Waals surface area (Å²) in [4.78, 5) is 12.6. The molecule has 9 heteroatoms. The third-order valence-electron chi connectivity index (χ3n) is 3.95. The maximum Gasteiger partial charge on any atom is 0.254 e. The van der Waals surface area contributed by atoms with Gasteiger partial charge in [-0.15, -0.1) is 0 Å². The highest BCUT2D eigenvalue weighted by molar-refractivity contribution is 6.34. The summed E-state index contributed by atoms with van der Waals surface area (Å²) in [7, 11) is 1.43. The quantitative estimate of drug-likeness (QED) is 0.269. The van der Waals surface area contributed by atoms with Crippen LogP contribution in [0, 0.1) is 5.82 Å². The Kier molecular flexibility index (Phi) is 7.60. The summed E-state index contributed by atoms with van der Waals surface area (Å²) in [6.45, 7) is 2.08. The minimum atomic E-state index is -1.11. The molecule has 2 aromatic carbocycles. The van der Waals surface area contributed by atoms with Crippen molar-refractivity contribution in [3.8, 4) is 5.75 Å². The molecule has 0 unspecified atom stereocenters. The number of ether oxygens (including phenoxy) is 2. The van der Waals surface area contributed by atoms with Crippen molar-refractivity contribution < 1.29 is 23.9 Å². The molecule has 0 heterocycles. The van der Waals surface area contributed by atoms with Gasteiger partial charge in [-0.1, -0.05) is 22.8 Å². The summed E-state index contributed by atoms with van der Waals surface area (Å²) in [5.74, 6) is -0.869. The highest BCUT2D eigenvalue weighted by atomic mass is 35.5. The number of benzene rings is 2. The van der Waals surface area contributed by atoms with E-state index in [9.17, 15) is 9.18 Å². The van der Waals surface area contributed by atoms with Crippen LogP contribution in [0.5, 0.6) is 5.75 Å². The maximum atomic E-state index is 14.3. The van der Waals surface area contributed by atoms with Crippen molar-refractivity contribution >= 4 is 23.3 Å². The SMILES string of the molecule is CCO[C@H](C(=O)NCc1ccc(C(N)=NO)c(Cl)c1)c1ccc(OC)cc1F. The second kappa shape index (κ2) is 9.91. The highest BCUT2D eigenvalue weighted by Crippen LogP contribution is 2.25. The molecule has 2 aromatic rings. The Morgan fingerprint density at radius 2 is 2.11 bits per heavy atom. The summed E-state index contributed by atoms with van der Waals surface area (Å²) in [6, 6.07) is 9.03. The summed E-state index contributed by atoms with van der Waals surface area (Å²) in [5.41, 5.74) is 6.68. The van der Waals surface area contributed by atoms with Crippen LogP contribution >= 0.6 is 11.6 Å². The number of carbonyl (C=O) groups is 1. The molecule has 0 aliphatic carbocycles. The number of nitrogens with one attached hydrogen (secondary N) is 1. The zero-order valence-electron chi connectivity index (χ0n) is 15.4. The van der Waals surface area contributed by atoms with E-state index in [0.29, 0.717) is 16.9 Å². The standard InChI is InChI=1S/C19H21ClFN3O4/c1-3-28-17(14-7-5-12(27-2)9-16(14)21)19(25)23-10-11-4-6-13(15(20)8-11)18(22)24-26/h4-9,17,26H,3,10H2,1-2H3,(H2,22,24)(H,23,25)/t17-/m0/s1. The van der Waals surface area contributed by atoms with E-state index in [4.69, 9.17) is 32.0 Å². The molecule has 0 radical (unpaired) electrons. The van der Waals surface area contributed by atoms with E-state index in [-0.39, 0.29) is 29.6 Å². The van der Waals surface area contributed by atoms with Gasteiger partial charge in [-0.05, 0) is 36.8 Å². The Morgan fingerprint density at radius 3 is 2.68 bits per heavy atom. The first-order valence-electron chi connectivity index (χ1n) is 8.40. The van der Waals surface area contributed by atoms with Crippen LogP contribution in [0.15, 0.2) is 41.6 Å². The molecule has 0 saturated carbocycles. The highest BCUT2D eigenvalue weighted by Gasteiger charge is 2.24. The van der Waals surface area contributed by atoms with Gasteiger partial charge in [0.05, 0.1) is 12.1 Å². The largest absolute Gasteiger partial charge is 0.497 e. The van der Waals surface area contributed by atoms with Gasteiger partial charge in [0.25, 0.3) is 5.91 Å². The van der Waals surface area contributed by atoms with Gasteiger partial charge < -0.3 is 25.7 Å². The van der Waals surface area contributed by atoms with Gasteiger partial charge in [-0.25, -0.2) is 4.39 Å². The normalized spacial score (nSPS) is 12.5. The molecular formula is C19H21ClFN3O4. The molecule has 28 heavy (non-hydrogen) atoms. The molecule has 4 N–H and O–H groups in total. The van der Waals surface area contributed by atoms with Crippen molar-refractivity contribution in [3.05, 3.63) is 63.9 Å². The molecular weight excluding hydrogens is 389 g/mol. The molecule has 7 nitrogen and oxygen atoms in total. The second-order valence-corrected chi connectivity index (χ2v) is 6.15. The van der Waals surface area contributed by atoms with Crippen molar-refractivity contribution in [3.63, 3.8) is 0 Å². The fourth-order valence-electron chi connectivity index (χ4n) is 2.53. The van der Waals surface area contributed by atoms with Gasteiger partial charge in [0, 0.05) is 30.3 Å². The summed E-state index contributed by atoms with van der Waals surface area (Å²) < 4.78 is 24.8. The minimum absolute atomic E-state index is 0.112. The number of amides is 1. The van der Waals surface area contributed by atoms with E-state index in [1.807, 2.05) is 0 Å². The molecule has 0 bridgehead atoms. The van der Waals surface area contributed by atoms with Gasteiger partial charge in [0.15, 0.2) is 11.9 Å². The molecule has 0 aromatic heterocycles. The number of rotatable bonds is 8. The lowest BCUT2D eigenvalue weighted by molar-refractivity contribution is -0.133. The van der Waals surface area contributed by atoms with Gasteiger partial charge in [0.2, 0.25) is 0 Å². The minimum Gasteiger partial charge on any atom is -0.497 e. The number of carbonyl (C=O) groups excluding carboxylic acids is 1. The van der Waals surface area contributed by atoms with Crippen molar-refractivity contribution in [1.82, 2.24) is 5.32 Å². The van der Waals surface area contributed by atoms with Crippen LogP contribution in [-0.2, 0) is 16.1 Å². The summed E-state index contributed by atoms with van der Waals surface area (Å²) >= 11 is 6.11. The molecule has 0 spiro atoms. The monoisotopic (exact) mass is 409 g/mol. The predicted molar refractivity (Wildman–Crippen MR) is 103 cm³/mol. The zero-order chi connectivity index (χ0) is 20.7. The van der Waals surface area contributed by atoms with Crippen molar-refractivity contribution in [2.75, 3.05) is 13.7 Å². The van der Waals surface area contributed by atoms with Crippen LogP contribution < -0.4 is 15.8 Å². The Labute approximate surface area is 166 Å². The number of nitrogens with zero attached hydrogens (tertiary/aromatic N) is 1. The van der Waals surface area contributed by atoms with Crippen molar-refractivity contribution in [2.24, 2.45) is 10.9 Å². The van der Waals surface area contributed by atoms with Crippen molar-refractivity contribution in [1.29, 1.82) is 0 Å². The summed E-state index contributed by atoms with van der Waals surface area (Å²) in [5, 5.41) is 14.6. The maximum absolute atomic E-state index is 14.3. The van der Waals surface area contributed by atoms with E-state index in [2.05, 4.69) is 10.5 Å². The van der Waals surface area contributed by atoms with Gasteiger partial charge >= 0.3 is 0 Å². The van der Waals surface area contributed by atoms with Gasteiger partial charge in [-0.3, -0.25) is 4.79 Å². The van der Waals surface area contributed by atoms with Crippen LogP contribution in [0.1, 0.15) is 29.7 Å². The lowest BCUT2D eigenvalue weighted by Gasteiger charge is -2.18. The number of hydrogen-bond donors (Lipinski definition) is 3. The lowest BCUT2D eigenvalue weighted by atomic mass is 10.1. The van der Waals surface area contributed by atoms with E-state index in [1.165, 1.54) is 19.2 Å². The van der Waals surface area contributed by atoms with E-state index in [1.54, 1.807) is 31.2 Å². The van der Waals surface area contributed by atoms with Crippen LogP contribution in [-0.4, -0.2) is 30.7 Å². The molecule has 2 rings (SSSR count). The number of hydrogen-bond acceptors (Lipinski definition) is 5. The Hall–Kier alpha value is -2.84. The average Bonchev–Trinajstić information content (AvgIpc) is 2.70. The van der Waals surface area contributed by atoms with Crippen LogP contribution in [0.25, 0.3) is 0 Å². The second-order valence-electron chi connectivity index (χ2n) is 5.74. The smallest absolute Gasteiger partial charge is 0.254 e. The fourth-order valence-corrected chi connectivity index (χ4v) is 2.83. The lowest BCUT2D eigenvalue weighted by Crippen LogP contribution is -2.31. The Morgan fingerprint density at radius 1 is 1.36 bits per heavy atom. The molecule has 1 atom stereocenters. The third-order valence-corrected chi connectivity index (χ3v) is 4.26. The molecule has 0 aliphatic heterocycles. The number of methoxy groups -OCH3 is 1. The number of nitrogens with two attached hydrogens (primary N) is 1. The van der Waals surface area contributed by atoms with E-state index >= 15 is 0 Å². The average molecular weight is 410 g/mol. The van der Waals surface area contributed by atoms with E-state index in [0.717, 1.165) is 0 Å². The van der Waals surface area contributed by atoms with Gasteiger partial charge in [0.1, 0.15) is 11.6 Å². The third kappa shape index (κ3) is 5.11. The number of halogens is 2. The summed E-state index contributed by atoms with van der Waals surface area (Å²) in [6.07, 6.45) is -1.11. The van der Waals surface area contributed by atoms with Gasteiger partial charge in [-0.2, -0.15) is 0 Å². The molecule has 1 amide bonds. The first-order valence-corrected chi connectivity index (χ1v) is 8.78. The fraction of sp³-hybridized carbons (Fsp3) is 0.263. The first kappa shape index (κ1) is 21.5. The predicted octanol–water partition coefficient (Wildman–Crippen LogP) is 2.98. The topological polar surface area (TPSA) is 106 Å². The van der Waals surface area contributed by atoms with E-state index < -0.39 is 17.8 Å².